The molecule has 2 N–H and O–H groups in total. The minimum atomic E-state index is -0.0615. The number of fused-ring (bicyclic) bond motifs is 1. The van der Waals surface area contributed by atoms with E-state index in [-0.39, 0.29) is 11.9 Å². The number of ether oxygens (including phenoxy) is 1. The molecule has 1 fully saturated rings. The Morgan fingerprint density at radius 1 is 1.26 bits per heavy atom. The minimum absolute atomic E-state index is 0.0615. The average molecular weight is 489 g/mol. The fourth-order valence-electron chi connectivity index (χ4n) is 4.54. The monoisotopic (exact) mass is 488 g/mol. The third kappa shape index (κ3) is 4.57. The van der Waals surface area contributed by atoms with E-state index in [1.54, 1.807) is 6.20 Å². The molecule has 178 valence electrons. The molecule has 0 bridgehead atoms. The summed E-state index contributed by atoms with van der Waals surface area (Å²) in [5.74, 6) is 0.902. The van der Waals surface area contributed by atoms with Gasteiger partial charge in [-0.2, -0.15) is 0 Å². The fraction of sp³-hybridized carbons (Fsp3) is 0.231. The van der Waals surface area contributed by atoms with Crippen molar-refractivity contribution in [1.82, 2.24) is 24.4 Å². The molecule has 0 saturated carbocycles. The highest BCUT2D eigenvalue weighted by Gasteiger charge is 2.27. The van der Waals surface area contributed by atoms with Crippen LogP contribution in [0.4, 0.5) is 5.82 Å². The van der Waals surface area contributed by atoms with E-state index in [9.17, 15) is 4.79 Å². The molecule has 3 aromatic heterocycles. The van der Waals surface area contributed by atoms with Crippen molar-refractivity contribution in [3.63, 3.8) is 0 Å². The summed E-state index contributed by atoms with van der Waals surface area (Å²) in [6.45, 7) is 5.25. The van der Waals surface area contributed by atoms with E-state index >= 15 is 0 Å². The van der Waals surface area contributed by atoms with E-state index < -0.39 is 0 Å². The van der Waals surface area contributed by atoms with Gasteiger partial charge >= 0.3 is 0 Å². The number of benzene rings is 1. The highest BCUT2D eigenvalue weighted by molar-refractivity contribution is 6.32. The maximum absolute atomic E-state index is 12.2. The minimum Gasteiger partial charge on any atom is -0.486 e. The average Bonchev–Trinajstić information content (AvgIpc) is 3.29. The Bertz CT molecular complexity index is 1390. The number of hydrogen-bond acceptors (Lipinski definition) is 6. The Morgan fingerprint density at radius 2 is 2.14 bits per heavy atom. The van der Waals surface area contributed by atoms with Crippen LogP contribution in [-0.4, -0.2) is 43.4 Å². The summed E-state index contributed by atoms with van der Waals surface area (Å²) in [6.07, 6.45) is 8.41. The molecule has 5 rings (SSSR count). The quantitative estimate of drug-likeness (QED) is 0.396. The second kappa shape index (κ2) is 9.76. The molecule has 1 saturated heterocycles. The highest BCUT2D eigenvalue weighted by Crippen LogP contribution is 2.38. The van der Waals surface area contributed by atoms with Gasteiger partial charge in [0.25, 0.3) is 0 Å². The van der Waals surface area contributed by atoms with Crippen LogP contribution in [0.25, 0.3) is 22.2 Å². The van der Waals surface area contributed by atoms with Crippen molar-refractivity contribution in [2.24, 2.45) is 0 Å². The van der Waals surface area contributed by atoms with Gasteiger partial charge in [0.1, 0.15) is 30.1 Å². The second-order valence-electron chi connectivity index (χ2n) is 8.45. The number of piperidine rings is 1. The Hall–Kier alpha value is -3.91. The van der Waals surface area contributed by atoms with Gasteiger partial charge in [0, 0.05) is 31.0 Å². The molecule has 1 aliphatic heterocycles. The molecule has 0 aliphatic carbocycles. The van der Waals surface area contributed by atoms with E-state index in [0.29, 0.717) is 29.7 Å². The number of carbonyl (C=O) groups excluding carboxylic acids is 1. The van der Waals surface area contributed by atoms with Gasteiger partial charge < -0.3 is 19.9 Å². The lowest BCUT2D eigenvalue weighted by molar-refractivity contribution is -0.127. The number of pyridine rings is 1. The second-order valence-corrected chi connectivity index (χ2v) is 8.85. The first kappa shape index (κ1) is 22.9. The SMILES string of the molecule is C=CC(=O)N1CCCC(n2cc(-c3ccc(OCc4ccccn4)c(Cl)c3)c3c(N)ncnc32)C1. The molecule has 0 radical (unpaired) electrons. The molecule has 9 heteroatoms. The van der Waals surface area contributed by atoms with Crippen molar-refractivity contribution < 1.29 is 9.53 Å². The van der Waals surface area contributed by atoms with Gasteiger partial charge in [0.2, 0.25) is 5.91 Å². The number of nitrogens with two attached hydrogens (primary N) is 1. The summed E-state index contributed by atoms with van der Waals surface area (Å²) in [7, 11) is 0. The normalized spacial score (nSPS) is 15.8. The van der Waals surface area contributed by atoms with Crippen LogP contribution in [0, 0.1) is 0 Å². The predicted octanol–water partition coefficient (Wildman–Crippen LogP) is 4.66. The number of nitrogen functional groups attached to an aromatic ring is 1. The van der Waals surface area contributed by atoms with Crippen LogP contribution >= 0.6 is 11.6 Å². The summed E-state index contributed by atoms with van der Waals surface area (Å²) >= 11 is 6.59. The lowest BCUT2D eigenvalue weighted by Crippen LogP contribution is -2.39. The van der Waals surface area contributed by atoms with Crippen LogP contribution in [0.3, 0.4) is 0 Å². The molecule has 1 atom stereocenters. The van der Waals surface area contributed by atoms with E-state index in [2.05, 4.69) is 26.1 Å². The van der Waals surface area contributed by atoms with Crippen LogP contribution in [0.5, 0.6) is 5.75 Å². The van der Waals surface area contributed by atoms with Gasteiger partial charge in [0.05, 0.1) is 22.1 Å². The van der Waals surface area contributed by atoms with Gasteiger partial charge in [0.15, 0.2) is 0 Å². The van der Waals surface area contributed by atoms with Crippen molar-refractivity contribution in [2.45, 2.75) is 25.5 Å². The van der Waals surface area contributed by atoms with Crippen molar-refractivity contribution >= 4 is 34.4 Å². The van der Waals surface area contributed by atoms with Crippen LogP contribution in [0.2, 0.25) is 5.02 Å². The number of aromatic nitrogens is 4. The molecule has 1 unspecified atom stereocenters. The Kier molecular flexibility index (Phi) is 6.37. The molecule has 8 nitrogen and oxygen atoms in total. The smallest absolute Gasteiger partial charge is 0.246 e. The number of amides is 1. The third-order valence-electron chi connectivity index (χ3n) is 6.26. The summed E-state index contributed by atoms with van der Waals surface area (Å²) in [4.78, 5) is 27.1. The molecule has 1 aliphatic rings. The van der Waals surface area contributed by atoms with Crippen LogP contribution in [0.15, 0.2) is 67.8 Å². The molecular weight excluding hydrogens is 464 g/mol. The number of nitrogens with zero attached hydrogens (tertiary/aromatic N) is 5. The van der Waals surface area contributed by atoms with Gasteiger partial charge in [-0.15, -0.1) is 0 Å². The highest BCUT2D eigenvalue weighted by atomic mass is 35.5. The first-order chi connectivity index (χ1) is 17.0. The van der Waals surface area contributed by atoms with Gasteiger partial charge in [-0.25, -0.2) is 9.97 Å². The van der Waals surface area contributed by atoms with E-state index in [4.69, 9.17) is 22.1 Å². The molecule has 4 aromatic rings. The van der Waals surface area contributed by atoms with Crippen molar-refractivity contribution in [2.75, 3.05) is 18.8 Å². The lowest BCUT2D eigenvalue weighted by Gasteiger charge is -2.33. The van der Waals surface area contributed by atoms with Crippen LogP contribution in [0.1, 0.15) is 24.6 Å². The van der Waals surface area contributed by atoms with Gasteiger partial charge in [-0.3, -0.25) is 9.78 Å². The largest absolute Gasteiger partial charge is 0.486 e. The molecule has 35 heavy (non-hydrogen) atoms. The molecule has 0 spiro atoms. The van der Waals surface area contributed by atoms with E-state index in [0.717, 1.165) is 47.2 Å². The van der Waals surface area contributed by atoms with Crippen molar-refractivity contribution in [1.29, 1.82) is 0 Å². The topological polar surface area (TPSA) is 99.2 Å². The maximum atomic E-state index is 12.2. The predicted molar refractivity (Wildman–Crippen MR) is 136 cm³/mol. The molecule has 4 heterocycles. The number of halogens is 1. The summed E-state index contributed by atoms with van der Waals surface area (Å²) in [5, 5.41) is 1.24. The zero-order valence-electron chi connectivity index (χ0n) is 19.1. The Labute approximate surface area is 208 Å². The first-order valence-corrected chi connectivity index (χ1v) is 11.8. The summed E-state index contributed by atoms with van der Waals surface area (Å²) in [6, 6.07) is 11.4. The number of rotatable bonds is 6. The number of carbonyl (C=O) groups is 1. The number of likely N-dealkylation sites (tertiary alicyclic amines) is 1. The zero-order chi connectivity index (χ0) is 24.4. The Morgan fingerprint density at radius 3 is 2.91 bits per heavy atom. The summed E-state index contributed by atoms with van der Waals surface area (Å²) in [5.41, 5.74) is 9.61. The van der Waals surface area contributed by atoms with Crippen molar-refractivity contribution in [3.8, 4) is 16.9 Å². The lowest BCUT2D eigenvalue weighted by atomic mass is 10.1. The van der Waals surface area contributed by atoms with Gasteiger partial charge in [-0.1, -0.05) is 30.3 Å². The first-order valence-electron chi connectivity index (χ1n) is 11.4. The molecule has 1 amide bonds. The van der Waals surface area contributed by atoms with E-state index in [1.807, 2.05) is 47.5 Å². The maximum Gasteiger partial charge on any atom is 0.246 e. The van der Waals surface area contributed by atoms with Crippen LogP contribution in [-0.2, 0) is 11.4 Å². The van der Waals surface area contributed by atoms with E-state index in [1.165, 1.54) is 12.4 Å². The number of hydrogen-bond donors (Lipinski definition) is 1. The van der Waals surface area contributed by atoms with Crippen molar-refractivity contribution in [3.05, 3.63) is 78.5 Å². The molecular formula is C26H25ClN6O2. The fourth-order valence-corrected chi connectivity index (χ4v) is 4.77. The zero-order valence-corrected chi connectivity index (χ0v) is 19.9. The standard InChI is InChI=1S/C26H25ClN6O2/c1-2-23(34)32-11-5-7-19(13-32)33-14-20(24-25(28)30-16-31-26(24)33)17-8-9-22(21(27)12-17)35-15-18-6-3-4-10-29-18/h2-4,6,8-10,12,14,16,19H,1,5,7,11,13,15H2,(H2,28,30,31). The Balaban J connectivity index is 1.48. The molecule has 1 aromatic carbocycles. The van der Waals surface area contributed by atoms with Crippen LogP contribution < -0.4 is 10.5 Å². The third-order valence-corrected chi connectivity index (χ3v) is 6.55. The number of anilines is 1. The summed E-state index contributed by atoms with van der Waals surface area (Å²) < 4.78 is 7.98. The van der Waals surface area contributed by atoms with Gasteiger partial charge in [-0.05, 0) is 48.7 Å².